The Morgan fingerprint density at radius 2 is 2.33 bits per heavy atom. The number of benzene rings is 1. The van der Waals surface area contributed by atoms with Crippen LogP contribution in [0.3, 0.4) is 0 Å². The second-order valence-electron chi connectivity index (χ2n) is 4.64. The van der Waals surface area contributed by atoms with Crippen LogP contribution in [0.15, 0.2) is 30.6 Å². The molecule has 2 atom stereocenters. The highest BCUT2D eigenvalue weighted by Crippen LogP contribution is 2.41. The van der Waals surface area contributed by atoms with E-state index in [0.717, 1.165) is 12.1 Å². The van der Waals surface area contributed by atoms with Gasteiger partial charge in [-0.25, -0.2) is 4.68 Å². The van der Waals surface area contributed by atoms with E-state index in [-0.39, 0.29) is 5.92 Å². The fraction of sp³-hybridized carbons (Fsp3) is 0.385. The monoisotopic (exact) mass is 242 g/mol. The molecule has 2 aromatic rings. The molecule has 3 rings (SSSR count). The molecule has 5 heteroatoms. The van der Waals surface area contributed by atoms with Gasteiger partial charge in [0.25, 0.3) is 0 Å². The highest BCUT2D eigenvalue weighted by molar-refractivity contribution is 5.89. The maximum atomic E-state index is 11.5. The second-order valence-corrected chi connectivity index (χ2v) is 4.64. The Morgan fingerprint density at radius 1 is 1.44 bits per heavy atom. The molecule has 1 aromatic carbocycles. The molecule has 1 aromatic heterocycles. The van der Waals surface area contributed by atoms with E-state index in [4.69, 9.17) is 0 Å². The van der Waals surface area contributed by atoms with Crippen molar-refractivity contribution in [1.82, 2.24) is 20.2 Å². The van der Waals surface area contributed by atoms with Crippen molar-refractivity contribution < 1.29 is 4.79 Å². The Balaban J connectivity index is 1.90. The zero-order valence-corrected chi connectivity index (χ0v) is 10.2. The van der Waals surface area contributed by atoms with Gasteiger partial charge in [-0.2, -0.15) is 0 Å². The van der Waals surface area contributed by atoms with Crippen molar-refractivity contribution in [2.45, 2.75) is 25.7 Å². The van der Waals surface area contributed by atoms with Crippen LogP contribution in [0.5, 0.6) is 0 Å². The first-order valence-electron chi connectivity index (χ1n) is 6.15. The molecule has 1 saturated carbocycles. The molecule has 18 heavy (non-hydrogen) atoms. The Hall–Kier alpha value is -2.04. The average Bonchev–Trinajstić information content (AvgIpc) is 2.90. The molecular weight excluding hydrogens is 228 g/mol. The SMILES string of the molecule is CCC1C(=O)CC1c1cccc(-n2cnnn2)c1. The normalized spacial score (nSPS) is 22.8. The van der Waals surface area contributed by atoms with Gasteiger partial charge in [-0.15, -0.1) is 5.10 Å². The molecule has 0 N–H and O–H groups in total. The first-order chi connectivity index (χ1) is 8.79. The highest BCUT2D eigenvalue weighted by atomic mass is 16.1. The quantitative estimate of drug-likeness (QED) is 0.822. The number of carbonyl (C=O) groups excluding carboxylic acids is 1. The summed E-state index contributed by atoms with van der Waals surface area (Å²) in [5.41, 5.74) is 2.14. The Bertz CT molecular complexity index is 564. The fourth-order valence-corrected chi connectivity index (χ4v) is 2.61. The predicted octanol–water partition coefficient (Wildman–Crippen LogP) is 1.74. The van der Waals surface area contributed by atoms with Gasteiger partial charge in [0.1, 0.15) is 12.1 Å². The third-order valence-electron chi connectivity index (χ3n) is 3.67. The number of hydrogen-bond acceptors (Lipinski definition) is 4. The summed E-state index contributed by atoms with van der Waals surface area (Å²) >= 11 is 0. The zero-order valence-electron chi connectivity index (χ0n) is 10.2. The van der Waals surface area contributed by atoms with Gasteiger partial charge < -0.3 is 0 Å². The molecule has 0 spiro atoms. The van der Waals surface area contributed by atoms with E-state index in [9.17, 15) is 4.79 Å². The van der Waals surface area contributed by atoms with Crippen LogP contribution >= 0.6 is 0 Å². The minimum atomic E-state index is 0.189. The largest absolute Gasteiger partial charge is 0.299 e. The summed E-state index contributed by atoms with van der Waals surface area (Å²) in [6.07, 6.45) is 3.15. The van der Waals surface area contributed by atoms with E-state index in [1.807, 2.05) is 12.1 Å². The van der Waals surface area contributed by atoms with E-state index < -0.39 is 0 Å². The van der Waals surface area contributed by atoms with Gasteiger partial charge in [-0.1, -0.05) is 19.1 Å². The molecule has 1 aliphatic carbocycles. The molecule has 2 unspecified atom stereocenters. The number of hydrogen-bond donors (Lipinski definition) is 0. The number of Topliss-reactive ketones (excluding diaryl/α,β-unsaturated/α-hetero) is 1. The van der Waals surface area contributed by atoms with E-state index in [1.54, 1.807) is 11.0 Å². The van der Waals surface area contributed by atoms with Gasteiger partial charge in [-0.3, -0.25) is 4.79 Å². The lowest BCUT2D eigenvalue weighted by molar-refractivity contribution is -0.131. The van der Waals surface area contributed by atoms with Crippen molar-refractivity contribution in [2.24, 2.45) is 5.92 Å². The molecule has 0 amide bonds. The molecule has 0 aliphatic heterocycles. The summed E-state index contributed by atoms with van der Waals surface area (Å²) in [5.74, 6) is 0.934. The number of carbonyl (C=O) groups is 1. The van der Waals surface area contributed by atoms with Crippen LogP contribution < -0.4 is 0 Å². The topological polar surface area (TPSA) is 60.7 Å². The van der Waals surface area contributed by atoms with Gasteiger partial charge in [0, 0.05) is 18.3 Å². The lowest BCUT2D eigenvalue weighted by atomic mass is 9.68. The minimum Gasteiger partial charge on any atom is -0.299 e. The van der Waals surface area contributed by atoms with Gasteiger partial charge in [-0.05, 0) is 34.5 Å². The van der Waals surface area contributed by atoms with Crippen LogP contribution in [-0.4, -0.2) is 26.0 Å². The summed E-state index contributed by atoms with van der Waals surface area (Å²) in [4.78, 5) is 11.5. The molecule has 1 heterocycles. The average molecular weight is 242 g/mol. The maximum absolute atomic E-state index is 11.5. The van der Waals surface area contributed by atoms with Crippen LogP contribution in [0.4, 0.5) is 0 Å². The summed E-state index contributed by atoms with van der Waals surface area (Å²) in [5, 5.41) is 11.1. The molecular formula is C13H14N4O. The molecule has 1 aliphatic rings. The Kier molecular flexibility index (Phi) is 2.66. The molecule has 5 nitrogen and oxygen atoms in total. The van der Waals surface area contributed by atoms with Gasteiger partial charge >= 0.3 is 0 Å². The van der Waals surface area contributed by atoms with Crippen LogP contribution in [0, 0.1) is 5.92 Å². The van der Waals surface area contributed by atoms with Crippen molar-refractivity contribution in [2.75, 3.05) is 0 Å². The molecule has 0 bridgehead atoms. The van der Waals surface area contributed by atoms with Crippen molar-refractivity contribution in [3.8, 4) is 5.69 Å². The standard InChI is InChI=1S/C13H14N4O/c1-2-11-12(7-13(11)18)9-4-3-5-10(6-9)17-8-14-15-16-17/h3-6,8,11-12H,2,7H2,1H3. The van der Waals surface area contributed by atoms with Crippen molar-refractivity contribution in [3.05, 3.63) is 36.2 Å². The lowest BCUT2D eigenvalue weighted by Gasteiger charge is -2.34. The summed E-state index contributed by atoms with van der Waals surface area (Å²) in [6, 6.07) is 8.09. The Morgan fingerprint density at radius 3 is 3.00 bits per heavy atom. The highest BCUT2D eigenvalue weighted by Gasteiger charge is 2.38. The van der Waals surface area contributed by atoms with Crippen molar-refractivity contribution in [3.63, 3.8) is 0 Å². The van der Waals surface area contributed by atoms with E-state index in [1.165, 1.54) is 5.56 Å². The number of tetrazole rings is 1. The number of ketones is 1. The second kappa shape index (κ2) is 4.33. The van der Waals surface area contributed by atoms with Gasteiger partial charge in [0.05, 0.1) is 5.69 Å². The van der Waals surface area contributed by atoms with E-state index >= 15 is 0 Å². The summed E-state index contributed by atoms with van der Waals surface area (Å²) in [6.45, 7) is 2.07. The molecule has 0 radical (unpaired) electrons. The molecule has 0 saturated heterocycles. The smallest absolute Gasteiger partial charge is 0.143 e. The van der Waals surface area contributed by atoms with Crippen LogP contribution in [0.2, 0.25) is 0 Å². The van der Waals surface area contributed by atoms with Crippen LogP contribution in [-0.2, 0) is 4.79 Å². The van der Waals surface area contributed by atoms with Gasteiger partial charge in [0.2, 0.25) is 0 Å². The van der Waals surface area contributed by atoms with Gasteiger partial charge in [0.15, 0.2) is 0 Å². The first kappa shape index (κ1) is 11.1. The third kappa shape index (κ3) is 1.72. The van der Waals surface area contributed by atoms with E-state index in [2.05, 4.69) is 34.6 Å². The zero-order chi connectivity index (χ0) is 12.5. The van der Waals surface area contributed by atoms with Crippen molar-refractivity contribution >= 4 is 5.78 Å². The Labute approximate surface area is 105 Å². The third-order valence-corrected chi connectivity index (χ3v) is 3.67. The summed E-state index contributed by atoms with van der Waals surface area (Å²) < 4.78 is 1.63. The first-order valence-corrected chi connectivity index (χ1v) is 6.15. The van der Waals surface area contributed by atoms with Crippen molar-refractivity contribution in [1.29, 1.82) is 0 Å². The van der Waals surface area contributed by atoms with Crippen LogP contribution in [0.25, 0.3) is 5.69 Å². The number of rotatable bonds is 3. The lowest BCUT2D eigenvalue weighted by Crippen LogP contribution is -2.34. The van der Waals surface area contributed by atoms with E-state index in [0.29, 0.717) is 18.1 Å². The fourth-order valence-electron chi connectivity index (χ4n) is 2.61. The molecule has 1 fully saturated rings. The maximum Gasteiger partial charge on any atom is 0.143 e. The predicted molar refractivity (Wildman–Crippen MR) is 65.3 cm³/mol. The number of aromatic nitrogens is 4. The summed E-state index contributed by atoms with van der Waals surface area (Å²) in [7, 11) is 0. The molecule has 92 valence electrons. The van der Waals surface area contributed by atoms with Crippen LogP contribution in [0.1, 0.15) is 31.2 Å². The minimum absolute atomic E-state index is 0.189. The number of nitrogens with zero attached hydrogens (tertiary/aromatic N) is 4.